The Balaban J connectivity index is 1.51. The molecule has 1 aromatic heterocycles. The van der Waals surface area contributed by atoms with Crippen LogP contribution >= 0.6 is 0 Å². The largest absolute Gasteiger partial charge is 0.340 e. The van der Waals surface area contributed by atoms with E-state index >= 15 is 0 Å². The minimum atomic E-state index is 0.0633. The number of hydrogen-bond acceptors (Lipinski definition) is 2. The molecule has 126 valence electrons. The van der Waals surface area contributed by atoms with Crippen LogP contribution < -0.4 is 0 Å². The van der Waals surface area contributed by atoms with Crippen LogP contribution in [-0.2, 0) is 17.6 Å². The Morgan fingerprint density at radius 2 is 2.17 bits per heavy atom. The van der Waals surface area contributed by atoms with Crippen molar-refractivity contribution < 1.29 is 4.79 Å². The number of hydrogen-bond donors (Lipinski definition) is 0. The molecule has 1 aromatic carbocycles. The Morgan fingerprint density at radius 1 is 1.29 bits per heavy atom. The maximum Gasteiger partial charge on any atom is 0.230 e. The molecule has 1 saturated heterocycles. The molecule has 0 saturated carbocycles. The molecule has 2 aliphatic rings. The van der Waals surface area contributed by atoms with E-state index in [-0.39, 0.29) is 5.92 Å². The molecule has 1 aliphatic heterocycles. The molecular formula is C20H25N3O. The third-order valence-corrected chi connectivity index (χ3v) is 5.60. The highest BCUT2D eigenvalue weighted by Crippen LogP contribution is 2.35. The number of carbonyl (C=O) groups is 1. The van der Waals surface area contributed by atoms with Crippen LogP contribution in [0.15, 0.2) is 36.7 Å². The summed E-state index contributed by atoms with van der Waals surface area (Å²) in [6, 6.07) is 8.81. The van der Waals surface area contributed by atoms with E-state index in [2.05, 4.69) is 51.8 Å². The Kier molecular flexibility index (Phi) is 4.13. The summed E-state index contributed by atoms with van der Waals surface area (Å²) in [6.07, 6.45) is 9.10. The van der Waals surface area contributed by atoms with Gasteiger partial charge in [-0.15, -0.1) is 0 Å². The normalized spacial score (nSPS) is 23.3. The second-order valence-electron chi connectivity index (χ2n) is 6.97. The minimum absolute atomic E-state index is 0.0633. The van der Waals surface area contributed by atoms with Crippen molar-refractivity contribution in [2.45, 2.75) is 51.0 Å². The maximum atomic E-state index is 13.1. The maximum absolute atomic E-state index is 13.1. The summed E-state index contributed by atoms with van der Waals surface area (Å²) in [4.78, 5) is 19.7. The third-order valence-electron chi connectivity index (χ3n) is 5.60. The number of nitrogens with zero attached hydrogens (tertiary/aromatic N) is 3. The van der Waals surface area contributed by atoms with Crippen LogP contribution in [0.4, 0.5) is 0 Å². The number of aryl methyl sites for hydroxylation is 2. The average Bonchev–Trinajstić information content (AvgIpc) is 3.28. The van der Waals surface area contributed by atoms with Gasteiger partial charge in [0, 0.05) is 31.9 Å². The Bertz CT molecular complexity index is 736. The van der Waals surface area contributed by atoms with E-state index < -0.39 is 0 Å². The highest BCUT2D eigenvalue weighted by Gasteiger charge is 2.34. The number of piperidine rings is 1. The van der Waals surface area contributed by atoms with Crippen molar-refractivity contribution in [1.29, 1.82) is 0 Å². The van der Waals surface area contributed by atoms with E-state index in [0.29, 0.717) is 11.9 Å². The van der Waals surface area contributed by atoms with E-state index in [4.69, 9.17) is 0 Å². The number of carbonyl (C=O) groups excluding carboxylic acids is 1. The van der Waals surface area contributed by atoms with Crippen LogP contribution in [-0.4, -0.2) is 33.4 Å². The molecule has 0 spiro atoms. The summed E-state index contributed by atoms with van der Waals surface area (Å²) in [5.41, 5.74) is 2.61. The Hall–Kier alpha value is -2.10. The van der Waals surface area contributed by atoms with Gasteiger partial charge < -0.3 is 9.47 Å². The molecule has 4 heteroatoms. The standard InChI is InChI=1S/C20H25N3O/c1-2-19-21-11-13-23(19)16-7-5-12-22(14-16)20(24)18-10-9-15-6-3-4-8-17(15)18/h3-4,6,8,11,13,16,18H,2,5,7,9-10,12,14H2,1H3. The second-order valence-corrected chi connectivity index (χ2v) is 6.97. The topological polar surface area (TPSA) is 38.1 Å². The molecule has 0 N–H and O–H groups in total. The van der Waals surface area contributed by atoms with Gasteiger partial charge in [0.15, 0.2) is 0 Å². The van der Waals surface area contributed by atoms with Crippen molar-refractivity contribution in [1.82, 2.24) is 14.5 Å². The summed E-state index contributed by atoms with van der Waals surface area (Å²) < 4.78 is 2.28. The average molecular weight is 323 g/mol. The quantitative estimate of drug-likeness (QED) is 0.869. The van der Waals surface area contributed by atoms with Gasteiger partial charge in [-0.25, -0.2) is 4.98 Å². The van der Waals surface area contributed by atoms with Crippen molar-refractivity contribution in [3.05, 3.63) is 53.6 Å². The number of benzene rings is 1. The van der Waals surface area contributed by atoms with Crippen molar-refractivity contribution in [3.8, 4) is 0 Å². The second kappa shape index (κ2) is 6.42. The molecule has 2 aromatic rings. The van der Waals surface area contributed by atoms with Gasteiger partial charge in [-0.3, -0.25) is 4.79 Å². The molecule has 24 heavy (non-hydrogen) atoms. The predicted molar refractivity (Wildman–Crippen MR) is 94.0 cm³/mol. The first-order chi connectivity index (χ1) is 11.8. The van der Waals surface area contributed by atoms with Crippen LogP contribution in [0.5, 0.6) is 0 Å². The van der Waals surface area contributed by atoms with Gasteiger partial charge in [0.1, 0.15) is 5.82 Å². The number of aromatic nitrogens is 2. The lowest BCUT2D eigenvalue weighted by Gasteiger charge is -2.35. The molecular weight excluding hydrogens is 298 g/mol. The van der Waals surface area contributed by atoms with Crippen LogP contribution in [0.3, 0.4) is 0 Å². The molecule has 2 atom stereocenters. The summed E-state index contributed by atoms with van der Waals surface area (Å²) in [5, 5.41) is 0. The van der Waals surface area contributed by atoms with Crippen molar-refractivity contribution in [2.24, 2.45) is 0 Å². The van der Waals surface area contributed by atoms with E-state index in [1.165, 1.54) is 11.1 Å². The number of amides is 1. The zero-order valence-electron chi connectivity index (χ0n) is 14.3. The SMILES string of the molecule is CCc1nccn1C1CCCN(C(=O)C2CCc3ccccc32)C1. The summed E-state index contributed by atoms with van der Waals surface area (Å²) >= 11 is 0. The minimum Gasteiger partial charge on any atom is -0.340 e. The van der Waals surface area contributed by atoms with Crippen LogP contribution in [0, 0.1) is 0 Å². The van der Waals surface area contributed by atoms with E-state index in [9.17, 15) is 4.79 Å². The fourth-order valence-electron chi connectivity index (χ4n) is 4.37. The number of rotatable bonds is 3. The lowest BCUT2D eigenvalue weighted by atomic mass is 9.97. The van der Waals surface area contributed by atoms with Crippen LogP contribution in [0.2, 0.25) is 0 Å². The number of imidazole rings is 1. The lowest BCUT2D eigenvalue weighted by molar-refractivity contribution is -0.134. The molecule has 0 radical (unpaired) electrons. The van der Waals surface area contributed by atoms with Gasteiger partial charge >= 0.3 is 0 Å². The van der Waals surface area contributed by atoms with Gasteiger partial charge in [-0.2, -0.15) is 0 Å². The van der Waals surface area contributed by atoms with Crippen molar-refractivity contribution in [3.63, 3.8) is 0 Å². The van der Waals surface area contributed by atoms with Crippen molar-refractivity contribution >= 4 is 5.91 Å². The zero-order chi connectivity index (χ0) is 16.5. The third kappa shape index (κ3) is 2.64. The molecule has 1 aliphatic carbocycles. The smallest absolute Gasteiger partial charge is 0.230 e. The van der Waals surface area contributed by atoms with Crippen LogP contribution in [0.1, 0.15) is 55.1 Å². The van der Waals surface area contributed by atoms with Gasteiger partial charge in [0.2, 0.25) is 5.91 Å². The lowest BCUT2D eigenvalue weighted by Crippen LogP contribution is -2.42. The van der Waals surface area contributed by atoms with E-state index in [0.717, 1.165) is 51.0 Å². The Morgan fingerprint density at radius 3 is 3.04 bits per heavy atom. The molecule has 1 amide bonds. The molecule has 2 unspecified atom stereocenters. The molecule has 2 heterocycles. The highest BCUT2D eigenvalue weighted by molar-refractivity contribution is 5.85. The summed E-state index contributed by atoms with van der Waals surface area (Å²) in [5.74, 6) is 1.51. The molecule has 4 rings (SSSR count). The molecule has 1 fully saturated rings. The Labute approximate surface area is 143 Å². The summed E-state index contributed by atoms with van der Waals surface area (Å²) in [7, 11) is 0. The fraction of sp³-hybridized carbons (Fsp3) is 0.500. The monoisotopic (exact) mass is 323 g/mol. The highest BCUT2D eigenvalue weighted by atomic mass is 16.2. The molecule has 0 bridgehead atoms. The van der Waals surface area contributed by atoms with Gasteiger partial charge in [0.25, 0.3) is 0 Å². The van der Waals surface area contributed by atoms with E-state index in [1.807, 2.05) is 6.20 Å². The number of likely N-dealkylation sites (tertiary alicyclic amines) is 1. The van der Waals surface area contributed by atoms with Gasteiger partial charge in [0.05, 0.1) is 12.0 Å². The van der Waals surface area contributed by atoms with Gasteiger partial charge in [-0.05, 0) is 36.8 Å². The zero-order valence-corrected chi connectivity index (χ0v) is 14.3. The van der Waals surface area contributed by atoms with Gasteiger partial charge in [-0.1, -0.05) is 31.2 Å². The first-order valence-corrected chi connectivity index (χ1v) is 9.16. The van der Waals surface area contributed by atoms with Crippen molar-refractivity contribution in [2.75, 3.05) is 13.1 Å². The number of fused-ring (bicyclic) bond motifs is 1. The van der Waals surface area contributed by atoms with E-state index in [1.54, 1.807) is 0 Å². The first kappa shape index (κ1) is 15.4. The first-order valence-electron chi connectivity index (χ1n) is 9.16. The summed E-state index contributed by atoms with van der Waals surface area (Å²) in [6.45, 7) is 3.85. The molecule has 4 nitrogen and oxygen atoms in total. The predicted octanol–water partition coefficient (Wildman–Crippen LogP) is 3.34. The fourth-order valence-corrected chi connectivity index (χ4v) is 4.37. The van der Waals surface area contributed by atoms with Crippen LogP contribution in [0.25, 0.3) is 0 Å².